The summed E-state index contributed by atoms with van der Waals surface area (Å²) in [6.07, 6.45) is 1.67. The monoisotopic (exact) mass is 369 g/mol. The Morgan fingerprint density at radius 1 is 1.23 bits per heavy atom. The molecule has 0 saturated carbocycles. The number of aryl methyl sites for hydroxylation is 1. The number of nitrogens with zero attached hydrogens (tertiary/aromatic N) is 4. The molecule has 3 rings (SSSR count). The van der Waals surface area contributed by atoms with Crippen LogP contribution >= 0.6 is 11.3 Å². The van der Waals surface area contributed by atoms with Crippen molar-refractivity contribution in [3.05, 3.63) is 58.4 Å². The molecule has 3 aromatic rings. The van der Waals surface area contributed by atoms with E-state index in [1.807, 2.05) is 44.3 Å². The molecule has 0 unspecified atom stereocenters. The molecule has 0 radical (unpaired) electrons. The molecule has 0 fully saturated rings. The Balaban J connectivity index is 1.68. The van der Waals surface area contributed by atoms with E-state index in [0.717, 1.165) is 34.5 Å². The van der Waals surface area contributed by atoms with Crippen LogP contribution in [0.1, 0.15) is 23.3 Å². The summed E-state index contributed by atoms with van der Waals surface area (Å²) in [6, 6.07) is 9.87. The fourth-order valence-electron chi connectivity index (χ4n) is 2.52. The highest BCUT2D eigenvalue weighted by atomic mass is 32.1. The maximum atomic E-state index is 5.58. The Kier molecular flexibility index (Phi) is 6.01. The van der Waals surface area contributed by atoms with Crippen LogP contribution < -0.4 is 5.32 Å². The average Bonchev–Trinajstić information content (AvgIpc) is 3.28. The number of oxazole rings is 1. The number of benzene rings is 1. The van der Waals surface area contributed by atoms with Crippen LogP contribution in [0.5, 0.6) is 0 Å². The highest BCUT2D eigenvalue weighted by Gasteiger charge is 2.10. The molecule has 136 valence electrons. The fourth-order valence-corrected chi connectivity index (χ4v) is 3.12. The number of guanidine groups is 1. The van der Waals surface area contributed by atoms with Gasteiger partial charge in [0.15, 0.2) is 5.96 Å². The number of hydrogen-bond acceptors (Lipinski definition) is 5. The van der Waals surface area contributed by atoms with E-state index in [-0.39, 0.29) is 0 Å². The number of hydrogen-bond donors (Lipinski definition) is 1. The van der Waals surface area contributed by atoms with Gasteiger partial charge in [-0.2, -0.15) is 0 Å². The van der Waals surface area contributed by atoms with Crippen LogP contribution in [0.15, 0.2) is 51.4 Å². The molecule has 1 aromatic carbocycles. The summed E-state index contributed by atoms with van der Waals surface area (Å²) in [7, 11) is 2.01. The van der Waals surface area contributed by atoms with Crippen molar-refractivity contribution in [1.29, 1.82) is 0 Å². The van der Waals surface area contributed by atoms with Gasteiger partial charge in [-0.1, -0.05) is 18.2 Å². The first kappa shape index (κ1) is 18.1. The molecule has 0 bridgehead atoms. The van der Waals surface area contributed by atoms with E-state index in [9.17, 15) is 0 Å². The molecule has 26 heavy (non-hydrogen) atoms. The van der Waals surface area contributed by atoms with Crippen LogP contribution in [-0.2, 0) is 13.1 Å². The highest BCUT2D eigenvalue weighted by molar-refractivity contribution is 7.09. The van der Waals surface area contributed by atoms with Crippen molar-refractivity contribution in [2.24, 2.45) is 4.99 Å². The normalized spacial score (nSPS) is 11.6. The van der Waals surface area contributed by atoms with Crippen molar-refractivity contribution in [2.75, 3.05) is 13.6 Å². The zero-order valence-electron chi connectivity index (χ0n) is 15.3. The van der Waals surface area contributed by atoms with Gasteiger partial charge in [0.2, 0.25) is 5.89 Å². The molecule has 1 N–H and O–H groups in total. The van der Waals surface area contributed by atoms with Gasteiger partial charge in [-0.05, 0) is 26.0 Å². The lowest BCUT2D eigenvalue weighted by atomic mass is 10.2. The van der Waals surface area contributed by atoms with Crippen molar-refractivity contribution in [3.8, 4) is 11.5 Å². The highest BCUT2D eigenvalue weighted by Crippen LogP contribution is 2.18. The first-order valence-corrected chi connectivity index (χ1v) is 9.44. The molecule has 0 atom stereocenters. The van der Waals surface area contributed by atoms with E-state index < -0.39 is 0 Å². The lowest BCUT2D eigenvalue weighted by molar-refractivity contribution is 0.470. The van der Waals surface area contributed by atoms with Gasteiger partial charge in [0, 0.05) is 24.5 Å². The number of thiazole rings is 1. The minimum Gasteiger partial charge on any atom is -0.444 e. The molecule has 2 heterocycles. The Morgan fingerprint density at radius 3 is 2.73 bits per heavy atom. The Morgan fingerprint density at radius 2 is 2.04 bits per heavy atom. The number of aromatic nitrogens is 2. The molecular weight excluding hydrogens is 346 g/mol. The SMILES string of the molecule is CCNC(=NCc1coc(-c2ccccc2)n1)N(C)Cc1csc(C)n1. The zero-order chi connectivity index (χ0) is 18.4. The minimum atomic E-state index is 0.457. The second-order valence-corrected chi connectivity index (χ2v) is 6.96. The number of rotatable bonds is 6. The van der Waals surface area contributed by atoms with Crippen LogP contribution in [-0.4, -0.2) is 34.4 Å². The van der Waals surface area contributed by atoms with E-state index >= 15 is 0 Å². The summed E-state index contributed by atoms with van der Waals surface area (Å²) in [5.74, 6) is 1.44. The summed E-state index contributed by atoms with van der Waals surface area (Å²) in [4.78, 5) is 15.8. The topological polar surface area (TPSA) is 66.6 Å². The van der Waals surface area contributed by atoms with Crippen LogP contribution in [0.25, 0.3) is 11.5 Å². The third-order valence-electron chi connectivity index (χ3n) is 3.73. The maximum absolute atomic E-state index is 5.58. The molecular formula is C19H23N5OS. The molecule has 0 aliphatic heterocycles. The molecule has 0 aliphatic carbocycles. The van der Waals surface area contributed by atoms with Gasteiger partial charge in [0.1, 0.15) is 12.0 Å². The summed E-state index contributed by atoms with van der Waals surface area (Å²) < 4.78 is 5.58. The van der Waals surface area contributed by atoms with Crippen molar-refractivity contribution in [1.82, 2.24) is 20.2 Å². The van der Waals surface area contributed by atoms with Gasteiger partial charge in [0.05, 0.1) is 23.8 Å². The molecule has 0 saturated heterocycles. The summed E-state index contributed by atoms with van der Waals surface area (Å²) >= 11 is 1.66. The van der Waals surface area contributed by atoms with E-state index in [4.69, 9.17) is 4.42 Å². The first-order valence-electron chi connectivity index (χ1n) is 8.56. The second-order valence-electron chi connectivity index (χ2n) is 5.89. The van der Waals surface area contributed by atoms with Crippen molar-refractivity contribution >= 4 is 17.3 Å². The minimum absolute atomic E-state index is 0.457. The molecule has 2 aromatic heterocycles. The van der Waals surface area contributed by atoms with Crippen LogP contribution in [0, 0.1) is 6.92 Å². The lowest BCUT2D eigenvalue weighted by Crippen LogP contribution is -2.38. The zero-order valence-corrected chi connectivity index (χ0v) is 16.1. The third kappa shape index (κ3) is 4.70. The maximum Gasteiger partial charge on any atom is 0.226 e. The largest absolute Gasteiger partial charge is 0.444 e. The number of nitrogens with one attached hydrogen (secondary N) is 1. The predicted octanol–water partition coefficient (Wildman–Crippen LogP) is 3.70. The van der Waals surface area contributed by atoms with E-state index in [1.54, 1.807) is 17.6 Å². The Labute approximate surface area is 157 Å². The van der Waals surface area contributed by atoms with E-state index in [0.29, 0.717) is 19.0 Å². The van der Waals surface area contributed by atoms with Crippen LogP contribution in [0.2, 0.25) is 0 Å². The average molecular weight is 369 g/mol. The molecule has 6 nitrogen and oxygen atoms in total. The fraction of sp³-hybridized carbons (Fsp3) is 0.316. The van der Waals surface area contributed by atoms with Crippen molar-refractivity contribution < 1.29 is 4.42 Å². The summed E-state index contributed by atoms with van der Waals surface area (Å²) in [6.45, 7) is 6.04. The third-order valence-corrected chi connectivity index (χ3v) is 4.55. The number of aliphatic imine (C=N–C) groups is 1. The van der Waals surface area contributed by atoms with E-state index in [2.05, 4.69) is 37.5 Å². The molecule has 0 amide bonds. The van der Waals surface area contributed by atoms with Gasteiger partial charge >= 0.3 is 0 Å². The molecule has 7 heteroatoms. The van der Waals surface area contributed by atoms with Crippen molar-refractivity contribution in [2.45, 2.75) is 26.9 Å². The molecule has 0 spiro atoms. The van der Waals surface area contributed by atoms with Crippen LogP contribution in [0.3, 0.4) is 0 Å². The quantitative estimate of drug-likeness (QED) is 0.530. The second kappa shape index (κ2) is 8.62. The smallest absolute Gasteiger partial charge is 0.226 e. The lowest BCUT2D eigenvalue weighted by Gasteiger charge is -2.20. The van der Waals surface area contributed by atoms with Crippen LogP contribution in [0.4, 0.5) is 0 Å². The van der Waals surface area contributed by atoms with Crippen molar-refractivity contribution in [3.63, 3.8) is 0 Å². The summed E-state index contributed by atoms with van der Waals surface area (Å²) in [5, 5.41) is 6.47. The first-order chi connectivity index (χ1) is 12.7. The predicted molar refractivity (Wildman–Crippen MR) is 105 cm³/mol. The van der Waals surface area contributed by atoms with Gasteiger partial charge in [-0.15, -0.1) is 11.3 Å². The Hall–Kier alpha value is -2.67. The van der Waals surface area contributed by atoms with Gasteiger partial charge in [0.25, 0.3) is 0 Å². The standard InChI is InChI=1S/C19H23N5OS/c1-4-20-19(24(3)11-17-13-26-14(2)22-17)21-10-16-12-25-18(23-16)15-8-6-5-7-9-15/h5-9,12-13H,4,10-11H2,1-3H3,(H,20,21). The van der Waals surface area contributed by atoms with Gasteiger partial charge in [-0.25, -0.2) is 15.0 Å². The van der Waals surface area contributed by atoms with Gasteiger partial charge in [-0.3, -0.25) is 0 Å². The Bertz CT molecular complexity index is 856. The van der Waals surface area contributed by atoms with E-state index in [1.165, 1.54) is 0 Å². The van der Waals surface area contributed by atoms with Gasteiger partial charge < -0.3 is 14.6 Å². The molecule has 0 aliphatic rings. The summed E-state index contributed by atoms with van der Waals surface area (Å²) in [5.41, 5.74) is 2.82.